The van der Waals surface area contributed by atoms with E-state index >= 15 is 0 Å². The van der Waals surface area contributed by atoms with Gasteiger partial charge in [-0.15, -0.1) is 11.8 Å². The molecule has 0 bridgehead atoms. The van der Waals surface area contributed by atoms with Crippen molar-refractivity contribution in [3.05, 3.63) is 0 Å². The molecule has 0 aromatic rings. The van der Waals surface area contributed by atoms with Crippen LogP contribution in [0.25, 0.3) is 0 Å². The number of nitrogens with zero attached hydrogens (tertiary/aromatic N) is 2. The summed E-state index contributed by atoms with van der Waals surface area (Å²) in [4.78, 5) is 39.0. The van der Waals surface area contributed by atoms with Crippen LogP contribution in [-0.4, -0.2) is 62.4 Å². The Hall–Kier alpha value is -1.24. The van der Waals surface area contributed by atoms with Crippen molar-refractivity contribution in [2.75, 3.05) is 18.8 Å². The third-order valence-corrected chi connectivity index (χ3v) is 6.62. The van der Waals surface area contributed by atoms with Gasteiger partial charge in [-0.05, 0) is 32.1 Å². The minimum Gasteiger partial charge on any atom is -0.481 e. The molecule has 0 aromatic carbocycles. The van der Waals surface area contributed by atoms with Crippen LogP contribution in [0.15, 0.2) is 0 Å². The van der Waals surface area contributed by atoms with E-state index in [0.717, 1.165) is 19.3 Å². The zero-order valence-electron chi connectivity index (χ0n) is 12.8. The molecule has 3 fully saturated rings. The summed E-state index contributed by atoms with van der Waals surface area (Å²) in [5.74, 6) is 0.205. The van der Waals surface area contributed by atoms with Gasteiger partial charge in [-0.1, -0.05) is 0 Å². The van der Waals surface area contributed by atoms with Gasteiger partial charge in [-0.25, -0.2) is 0 Å². The normalized spacial score (nSPS) is 32.4. The van der Waals surface area contributed by atoms with Gasteiger partial charge in [0, 0.05) is 31.7 Å². The number of rotatable bonds is 3. The first-order chi connectivity index (χ1) is 10.4. The fourth-order valence-corrected chi connectivity index (χ4v) is 5.24. The topological polar surface area (TPSA) is 77.9 Å². The van der Waals surface area contributed by atoms with Crippen molar-refractivity contribution in [3.63, 3.8) is 0 Å². The van der Waals surface area contributed by atoms with Gasteiger partial charge >= 0.3 is 5.97 Å². The maximum Gasteiger partial charge on any atom is 0.303 e. The quantitative estimate of drug-likeness (QED) is 0.842. The molecule has 1 N–H and O–H groups in total. The van der Waals surface area contributed by atoms with Crippen molar-refractivity contribution in [2.24, 2.45) is 5.92 Å². The van der Waals surface area contributed by atoms with E-state index in [1.807, 2.05) is 4.90 Å². The Kier molecular flexibility index (Phi) is 4.09. The summed E-state index contributed by atoms with van der Waals surface area (Å²) in [5, 5.41) is 8.85. The molecule has 0 aromatic heterocycles. The molecule has 0 radical (unpaired) electrons. The summed E-state index contributed by atoms with van der Waals surface area (Å²) in [6.45, 7) is 3.27. The van der Waals surface area contributed by atoms with Crippen molar-refractivity contribution in [2.45, 2.75) is 49.9 Å². The highest BCUT2D eigenvalue weighted by Crippen LogP contribution is 2.47. The number of thioether (sulfide) groups is 1. The van der Waals surface area contributed by atoms with Crippen molar-refractivity contribution >= 4 is 29.5 Å². The zero-order chi connectivity index (χ0) is 15.9. The number of aliphatic carboxylic acids is 1. The summed E-state index contributed by atoms with van der Waals surface area (Å²) in [6.07, 6.45) is 3.02. The zero-order valence-corrected chi connectivity index (χ0v) is 13.6. The van der Waals surface area contributed by atoms with Gasteiger partial charge in [0.15, 0.2) is 0 Å². The standard InChI is InChI=1S/C15H22N2O4S/c1-15-5-2-12(18)17(15)11(9-22-15)14(21)16-6-3-10(4-7-16)8-13(19)20/h10-11H,2-9H2,1H3,(H,19,20). The van der Waals surface area contributed by atoms with E-state index < -0.39 is 5.97 Å². The van der Waals surface area contributed by atoms with Gasteiger partial charge in [0.25, 0.3) is 0 Å². The lowest BCUT2D eigenvalue weighted by molar-refractivity contribution is -0.145. The molecule has 2 atom stereocenters. The van der Waals surface area contributed by atoms with Crippen molar-refractivity contribution in [1.82, 2.24) is 9.80 Å². The Morgan fingerprint density at radius 1 is 1.36 bits per heavy atom. The Balaban J connectivity index is 1.61. The van der Waals surface area contributed by atoms with E-state index in [-0.39, 0.29) is 35.1 Å². The number of hydrogen-bond donors (Lipinski definition) is 1. The molecule has 3 rings (SSSR count). The predicted octanol–water partition coefficient (Wildman–Crippen LogP) is 1.15. The number of carbonyl (C=O) groups is 3. The van der Waals surface area contributed by atoms with E-state index in [4.69, 9.17) is 5.11 Å². The Bertz CT molecular complexity index is 504. The van der Waals surface area contributed by atoms with Crippen LogP contribution in [0, 0.1) is 5.92 Å². The molecule has 6 nitrogen and oxygen atoms in total. The Morgan fingerprint density at radius 2 is 2.05 bits per heavy atom. The molecule has 3 aliphatic rings. The van der Waals surface area contributed by atoms with Crippen LogP contribution in [0.3, 0.4) is 0 Å². The molecule has 3 aliphatic heterocycles. The second-order valence-corrected chi connectivity index (χ2v) is 8.13. The Morgan fingerprint density at radius 3 is 2.68 bits per heavy atom. The summed E-state index contributed by atoms with van der Waals surface area (Å²) < 4.78 is 0. The highest BCUT2D eigenvalue weighted by Gasteiger charge is 2.53. The molecular formula is C15H22N2O4S. The minimum absolute atomic E-state index is 0.0419. The molecular weight excluding hydrogens is 304 g/mol. The predicted molar refractivity (Wildman–Crippen MR) is 82.3 cm³/mol. The van der Waals surface area contributed by atoms with Crippen molar-refractivity contribution in [3.8, 4) is 0 Å². The fraction of sp³-hybridized carbons (Fsp3) is 0.800. The van der Waals surface area contributed by atoms with Crippen molar-refractivity contribution < 1.29 is 19.5 Å². The molecule has 3 heterocycles. The highest BCUT2D eigenvalue weighted by atomic mass is 32.2. The minimum atomic E-state index is -0.768. The number of carbonyl (C=O) groups excluding carboxylic acids is 2. The van der Waals surface area contributed by atoms with Gasteiger partial charge in [-0.3, -0.25) is 14.4 Å². The van der Waals surface area contributed by atoms with Gasteiger partial charge in [0.05, 0.1) is 4.87 Å². The van der Waals surface area contributed by atoms with Gasteiger partial charge in [0.1, 0.15) is 6.04 Å². The third-order valence-electron chi connectivity index (χ3n) is 5.12. The average Bonchev–Trinajstić information content (AvgIpc) is 2.96. The lowest BCUT2D eigenvalue weighted by Crippen LogP contribution is -2.52. The fourth-order valence-electron chi connectivity index (χ4n) is 3.82. The number of carboxylic acids is 1. The molecule has 0 saturated carbocycles. The third kappa shape index (κ3) is 2.71. The largest absolute Gasteiger partial charge is 0.481 e. The van der Waals surface area contributed by atoms with Crippen LogP contribution in [0.5, 0.6) is 0 Å². The molecule has 3 saturated heterocycles. The first-order valence-electron chi connectivity index (χ1n) is 7.87. The van der Waals surface area contributed by atoms with E-state index in [2.05, 4.69) is 6.92 Å². The average molecular weight is 326 g/mol. The molecule has 122 valence electrons. The lowest BCUT2D eigenvalue weighted by Gasteiger charge is -2.36. The van der Waals surface area contributed by atoms with E-state index in [1.165, 1.54) is 0 Å². The number of likely N-dealkylation sites (tertiary alicyclic amines) is 1. The summed E-state index contributed by atoms with van der Waals surface area (Å²) >= 11 is 1.71. The monoisotopic (exact) mass is 326 g/mol. The molecule has 2 unspecified atom stereocenters. The maximum absolute atomic E-state index is 12.8. The summed E-state index contributed by atoms with van der Waals surface area (Å²) in [5.41, 5.74) is 0. The van der Waals surface area contributed by atoms with Crippen LogP contribution in [-0.2, 0) is 14.4 Å². The second-order valence-electron chi connectivity index (χ2n) is 6.63. The highest BCUT2D eigenvalue weighted by molar-refractivity contribution is 8.01. The lowest BCUT2D eigenvalue weighted by atomic mass is 9.93. The van der Waals surface area contributed by atoms with Gasteiger partial charge < -0.3 is 14.9 Å². The number of carboxylic acid groups (broad SMARTS) is 1. The molecule has 22 heavy (non-hydrogen) atoms. The maximum atomic E-state index is 12.8. The van der Waals surface area contributed by atoms with Crippen LogP contribution in [0.1, 0.15) is 39.0 Å². The van der Waals surface area contributed by atoms with Gasteiger partial charge in [-0.2, -0.15) is 0 Å². The van der Waals surface area contributed by atoms with E-state index in [9.17, 15) is 14.4 Å². The summed E-state index contributed by atoms with van der Waals surface area (Å²) in [7, 11) is 0. The smallest absolute Gasteiger partial charge is 0.303 e. The van der Waals surface area contributed by atoms with Crippen LogP contribution >= 0.6 is 11.8 Å². The summed E-state index contributed by atoms with van der Waals surface area (Å²) in [6, 6.07) is -0.332. The number of piperidine rings is 1. The molecule has 7 heteroatoms. The van der Waals surface area contributed by atoms with Crippen LogP contribution in [0.4, 0.5) is 0 Å². The van der Waals surface area contributed by atoms with E-state index in [1.54, 1.807) is 16.7 Å². The van der Waals surface area contributed by atoms with Gasteiger partial charge in [0.2, 0.25) is 11.8 Å². The van der Waals surface area contributed by atoms with E-state index in [0.29, 0.717) is 25.3 Å². The number of fused-ring (bicyclic) bond motifs is 1. The Labute approximate surface area is 134 Å². The van der Waals surface area contributed by atoms with Crippen molar-refractivity contribution in [1.29, 1.82) is 0 Å². The molecule has 0 spiro atoms. The van der Waals surface area contributed by atoms with Crippen LogP contribution < -0.4 is 0 Å². The first kappa shape index (κ1) is 15.6. The number of amides is 2. The first-order valence-corrected chi connectivity index (χ1v) is 8.86. The second kappa shape index (κ2) is 5.76. The molecule has 2 amide bonds. The van der Waals surface area contributed by atoms with Crippen LogP contribution in [0.2, 0.25) is 0 Å². The molecule has 0 aliphatic carbocycles. The number of hydrogen-bond acceptors (Lipinski definition) is 4. The SMILES string of the molecule is CC12CCC(=O)N1C(C(=O)N1CCC(CC(=O)O)CC1)CS2.